The molecule has 4 heteroatoms. The molecule has 0 atom stereocenters. The van der Waals surface area contributed by atoms with Crippen molar-refractivity contribution in [3.8, 4) is 28.3 Å². The van der Waals surface area contributed by atoms with Gasteiger partial charge >= 0.3 is 0 Å². The summed E-state index contributed by atoms with van der Waals surface area (Å²) in [6.07, 6.45) is 0. The van der Waals surface area contributed by atoms with Gasteiger partial charge in [0.15, 0.2) is 0 Å². The first kappa shape index (κ1) is 29.3. The molecule has 0 fully saturated rings. The van der Waals surface area contributed by atoms with Crippen molar-refractivity contribution in [2.24, 2.45) is 4.99 Å². The summed E-state index contributed by atoms with van der Waals surface area (Å²) in [5.41, 5.74) is 14.2. The molecule has 1 aliphatic rings. The molecule has 10 rings (SSSR count). The molecule has 0 radical (unpaired) electrons. The average Bonchev–Trinajstić information content (AvgIpc) is 3.72. The molecule has 0 aliphatic carbocycles. The predicted molar refractivity (Wildman–Crippen MR) is 213 cm³/mol. The Morgan fingerprint density at radius 3 is 1.86 bits per heavy atom. The first-order chi connectivity index (χ1) is 25.2. The van der Waals surface area contributed by atoms with E-state index in [0.717, 1.165) is 67.2 Å². The highest BCUT2D eigenvalue weighted by molar-refractivity contribution is 6.17. The summed E-state index contributed by atoms with van der Waals surface area (Å²) in [6.45, 7) is 6.79. The Morgan fingerprint density at radius 2 is 1.12 bits per heavy atom. The maximum atomic E-state index is 6.87. The van der Waals surface area contributed by atoms with Crippen molar-refractivity contribution in [2.75, 3.05) is 0 Å². The van der Waals surface area contributed by atoms with Crippen molar-refractivity contribution in [3.05, 3.63) is 181 Å². The smallest absolute Gasteiger partial charge is 0.137 e. The second kappa shape index (κ2) is 11.5. The van der Waals surface area contributed by atoms with Gasteiger partial charge in [-0.2, -0.15) is 0 Å². The van der Waals surface area contributed by atoms with Crippen molar-refractivity contribution < 1.29 is 4.74 Å². The number of hydrogen-bond acceptors (Lipinski definition) is 2. The van der Waals surface area contributed by atoms with Crippen LogP contribution in [-0.2, 0) is 6.61 Å². The molecule has 9 aromatic rings. The first-order valence-electron chi connectivity index (χ1n) is 17.4. The maximum absolute atomic E-state index is 6.87. The normalized spacial score (nSPS) is 12.7. The van der Waals surface area contributed by atoms with Crippen molar-refractivity contribution in [2.45, 2.75) is 13.5 Å². The molecule has 51 heavy (non-hydrogen) atoms. The summed E-state index contributed by atoms with van der Waals surface area (Å²) in [7, 11) is 0. The van der Waals surface area contributed by atoms with Gasteiger partial charge < -0.3 is 13.9 Å². The van der Waals surface area contributed by atoms with Gasteiger partial charge in [-0.05, 0) is 78.2 Å². The van der Waals surface area contributed by atoms with Crippen LogP contribution in [0.2, 0.25) is 0 Å². The number of rotatable bonds is 5. The summed E-state index contributed by atoms with van der Waals surface area (Å²) in [5.74, 6) is 0.952. The zero-order valence-corrected chi connectivity index (χ0v) is 28.2. The number of para-hydroxylation sites is 3. The zero-order valence-electron chi connectivity index (χ0n) is 28.2. The predicted octanol–water partition coefficient (Wildman–Crippen LogP) is 11.9. The van der Waals surface area contributed by atoms with Gasteiger partial charge in [0.1, 0.15) is 12.4 Å². The Labute approximate surface area is 295 Å². The third-order valence-electron chi connectivity index (χ3n) is 10.3. The van der Waals surface area contributed by atoms with Crippen LogP contribution in [0, 0.1) is 0 Å². The minimum Gasteiger partial charge on any atom is -0.487 e. The van der Waals surface area contributed by atoms with E-state index in [-0.39, 0.29) is 0 Å². The standard InChI is InChI=1S/C47H33N3O/c1-30(32-14-5-3-6-15-32)48-31(2)33-16-13-19-35(28-33)50-41-22-11-9-20-38(41)45-40-29-51-47-37(36(40)24-26-43(45)50)25-27-44-46(47)39-21-10-12-23-42(39)49(44)34-17-7-4-8-18-34/h3-28H,1,29H2,2H3/b48-31+. The van der Waals surface area contributed by atoms with E-state index in [9.17, 15) is 0 Å². The van der Waals surface area contributed by atoms with Gasteiger partial charge in [-0.1, -0.05) is 110 Å². The lowest BCUT2D eigenvalue weighted by Crippen LogP contribution is -2.07. The Balaban J connectivity index is 1.14. The number of ether oxygens (including phenoxy) is 1. The van der Waals surface area contributed by atoms with Gasteiger partial charge in [-0.25, -0.2) is 0 Å². The number of nitrogens with zero attached hydrogens (tertiary/aromatic N) is 3. The molecule has 0 saturated carbocycles. The number of aliphatic imine (C=N–C) groups is 1. The first-order valence-corrected chi connectivity index (χ1v) is 17.4. The third kappa shape index (κ3) is 4.50. The number of benzene rings is 7. The molecule has 1 aliphatic heterocycles. The van der Waals surface area contributed by atoms with E-state index in [1.165, 1.54) is 32.8 Å². The topological polar surface area (TPSA) is 31.4 Å². The van der Waals surface area contributed by atoms with E-state index in [1.54, 1.807) is 0 Å². The molecule has 0 N–H and O–H groups in total. The highest BCUT2D eigenvalue weighted by atomic mass is 16.5. The fraction of sp³-hybridized carbons (Fsp3) is 0.0426. The Bertz CT molecular complexity index is 2870. The van der Waals surface area contributed by atoms with E-state index >= 15 is 0 Å². The van der Waals surface area contributed by atoms with Crippen LogP contribution < -0.4 is 4.74 Å². The zero-order chi connectivity index (χ0) is 34.1. The molecule has 7 aromatic carbocycles. The summed E-state index contributed by atoms with van der Waals surface area (Å²) in [4.78, 5) is 4.90. The monoisotopic (exact) mass is 655 g/mol. The number of aromatic nitrogens is 2. The van der Waals surface area contributed by atoms with Gasteiger partial charge in [0.05, 0.1) is 33.2 Å². The molecule has 3 heterocycles. The van der Waals surface area contributed by atoms with Gasteiger partial charge in [-0.15, -0.1) is 0 Å². The molecular weight excluding hydrogens is 623 g/mol. The number of fused-ring (bicyclic) bond motifs is 11. The molecule has 2 aromatic heterocycles. The fourth-order valence-corrected chi connectivity index (χ4v) is 8.03. The van der Waals surface area contributed by atoms with Gasteiger partial charge in [0.2, 0.25) is 0 Å². The van der Waals surface area contributed by atoms with Crippen LogP contribution in [-0.4, -0.2) is 14.8 Å². The van der Waals surface area contributed by atoms with Gasteiger partial charge in [0.25, 0.3) is 0 Å². The molecule has 0 amide bonds. The van der Waals surface area contributed by atoms with E-state index < -0.39 is 0 Å². The molecular formula is C47H33N3O. The van der Waals surface area contributed by atoms with Gasteiger partial charge in [-0.3, -0.25) is 4.99 Å². The lowest BCUT2D eigenvalue weighted by molar-refractivity contribution is 0.308. The lowest BCUT2D eigenvalue weighted by Gasteiger charge is -2.23. The molecule has 0 unspecified atom stereocenters. The maximum Gasteiger partial charge on any atom is 0.137 e. The van der Waals surface area contributed by atoms with E-state index in [0.29, 0.717) is 6.61 Å². The highest BCUT2D eigenvalue weighted by Crippen LogP contribution is 2.49. The summed E-state index contributed by atoms with van der Waals surface area (Å²) in [6, 6.07) is 55.8. The van der Waals surface area contributed by atoms with Crippen LogP contribution >= 0.6 is 0 Å². The van der Waals surface area contributed by atoms with Crippen molar-refractivity contribution in [3.63, 3.8) is 0 Å². The van der Waals surface area contributed by atoms with Crippen LogP contribution in [0.1, 0.15) is 23.6 Å². The average molecular weight is 656 g/mol. The van der Waals surface area contributed by atoms with Crippen LogP contribution in [0.3, 0.4) is 0 Å². The third-order valence-corrected chi connectivity index (χ3v) is 10.3. The van der Waals surface area contributed by atoms with Crippen molar-refractivity contribution in [1.29, 1.82) is 0 Å². The Hall–Kier alpha value is -6.65. The Morgan fingerprint density at radius 1 is 0.549 bits per heavy atom. The summed E-state index contributed by atoms with van der Waals surface area (Å²) >= 11 is 0. The molecule has 4 nitrogen and oxygen atoms in total. The van der Waals surface area contributed by atoms with Crippen LogP contribution in [0.4, 0.5) is 0 Å². The van der Waals surface area contributed by atoms with E-state index in [1.807, 2.05) is 30.3 Å². The van der Waals surface area contributed by atoms with E-state index in [4.69, 9.17) is 9.73 Å². The van der Waals surface area contributed by atoms with E-state index in [2.05, 4.69) is 150 Å². The summed E-state index contributed by atoms with van der Waals surface area (Å²) in [5, 5.41) is 4.80. The number of hydrogen-bond donors (Lipinski definition) is 0. The SMILES string of the molecule is C=C(/N=C(\C)c1cccc(-n2c3ccccc3c3c4c(ccc32)-c2ccc3c(c2OC4)c2ccccc2n3-c2ccccc2)c1)c1ccccc1. The molecule has 0 saturated heterocycles. The van der Waals surface area contributed by atoms with Crippen LogP contribution in [0.25, 0.3) is 71.8 Å². The lowest BCUT2D eigenvalue weighted by atomic mass is 9.92. The summed E-state index contributed by atoms with van der Waals surface area (Å²) < 4.78 is 11.6. The highest BCUT2D eigenvalue weighted by Gasteiger charge is 2.27. The van der Waals surface area contributed by atoms with Crippen LogP contribution in [0.5, 0.6) is 5.75 Å². The molecule has 242 valence electrons. The second-order valence-corrected chi connectivity index (χ2v) is 13.2. The van der Waals surface area contributed by atoms with Crippen molar-refractivity contribution >= 4 is 55.0 Å². The quantitative estimate of drug-likeness (QED) is 0.170. The minimum atomic E-state index is 0.491. The molecule has 0 bridgehead atoms. The van der Waals surface area contributed by atoms with Gasteiger partial charge in [0, 0.05) is 44.4 Å². The van der Waals surface area contributed by atoms with Crippen molar-refractivity contribution in [1.82, 2.24) is 9.13 Å². The largest absolute Gasteiger partial charge is 0.487 e. The minimum absolute atomic E-state index is 0.491. The second-order valence-electron chi connectivity index (χ2n) is 13.2. The van der Waals surface area contributed by atoms with Crippen LogP contribution in [0.15, 0.2) is 169 Å². The Kier molecular flexibility index (Phi) is 6.58. The molecule has 0 spiro atoms. The fourth-order valence-electron chi connectivity index (χ4n) is 8.03.